The highest BCUT2D eigenvalue weighted by atomic mass is 15.2. The molecule has 0 aromatic rings. The molecule has 2 rings (SSSR count). The van der Waals surface area contributed by atoms with Gasteiger partial charge in [-0.3, -0.25) is 4.90 Å². The van der Waals surface area contributed by atoms with Crippen molar-refractivity contribution in [1.82, 2.24) is 10.2 Å². The average Bonchev–Trinajstić information content (AvgIpc) is 2.55. The van der Waals surface area contributed by atoms with Crippen LogP contribution >= 0.6 is 0 Å². The Balaban J connectivity index is 1.83. The minimum Gasteiger partial charge on any atom is -0.313 e. The van der Waals surface area contributed by atoms with Crippen LogP contribution < -0.4 is 5.32 Å². The molecule has 100 valence electrons. The van der Waals surface area contributed by atoms with E-state index in [0.717, 1.165) is 24.5 Å². The minimum atomic E-state index is 0.759. The van der Waals surface area contributed by atoms with Crippen molar-refractivity contribution in [3.63, 3.8) is 0 Å². The number of hydrogen-bond donors (Lipinski definition) is 1. The summed E-state index contributed by atoms with van der Waals surface area (Å²) in [7, 11) is 0. The van der Waals surface area contributed by atoms with Crippen molar-refractivity contribution in [3.8, 4) is 0 Å². The van der Waals surface area contributed by atoms with E-state index in [1.807, 2.05) is 0 Å². The number of likely N-dealkylation sites (tertiary alicyclic amines) is 1. The van der Waals surface area contributed by atoms with Crippen LogP contribution in [0.5, 0.6) is 0 Å². The average molecular weight is 238 g/mol. The molecule has 3 atom stereocenters. The number of likely N-dealkylation sites (N-methyl/N-ethyl adjacent to an activating group) is 1. The Morgan fingerprint density at radius 2 is 1.94 bits per heavy atom. The molecular formula is C15H30N2. The number of nitrogens with one attached hydrogen (secondary N) is 1. The van der Waals surface area contributed by atoms with Crippen molar-refractivity contribution in [2.75, 3.05) is 19.6 Å². The number of nitrogens with zero attached hydrogens (tertiary/aromatic N) is 1. The quantitative estimate of drug-likeness (QED) is 0.760. The van der Waals surface area contributed by atoms with Crippen LogP contribution in [0.1, 0.15) is 58.8 Å². The highest BCUT2D eigenvalue weighted by Gasteiger charge is 2.26. The maximum Gasteiger partial charge on any atom is 0.0195 e. The molecule has 17 heavy (non-hydrogen) atoms. The molecule has 0 bridgehead atoms. The summed E-state index contributed by atoms with van der Waals surface area (Å²) in [4.78, 5) is 2.79. The Bertz CT molecular complexity index is 215. The first-order valence-electron chi connectivity index (χ1n) is 7.77. The van der Waals surface area contributed by atoms with E-state index < -0.39 is 0 Å². The fourth-order valence-electron chi connectivity index (χ4n) is 3.63. The summed E-state index contributed by atoms with van der Waals surface area (Å²) in [6, 6.07) is 1.65. The first-order valence-corrected chi connectivity index (χ1v) is 7.77. The van der Waals surface area contributed by atoms with E-state index in [4.69, 9.17) is 0 Å². The third-order valence-corrected chi connectivity index (χ3v) is 4.69. The second-order valence-corrected chi connectivity index (χ2v) is 6.16. The van der Waals surface area contributed by atoms with Crippen LogP contribution in [0.2, 0.25) is 0 Å². The maximum atomic E-state index is 3.64. The molecule has 3 unspecified atom stereocenters. The smallest absolute Gasteiger partial charge is 0.0195 e. The van der Waals surface area contributed by atoms with E-state index in [2.05, 4.69) is 24.1 Å². The lowest BCUT2D eigenvalue weighted by molar-refractivity contribution is 0.125. The standard InChI is InChI=1S/C15H30N2/c1-3-16-14-7-5-11-17(12-14)15-8-4-6-13(2)9-10-15/h13-16H,3-12H2,1-2H3. The zero-order valence-corrected chi connectivity index (χ0v) is 11.8. The second-order valence-electron chi connectivity index (χ2n) is 6.16. The molecule has 2 fully saturated rings. The van der Waals surface area contributed by atoms with Gasteiger partial charge in [-0.15, -0.1) is 0 Å². The third-order valence-electron chi connectivity index (χ3n) is 4.69. The summed E-state index contributed by atoms with van der Waals surface area (Å²) in [5.41, 5.74) is 0. The Kier molecular flexibility index (Phi) is 5.30. The zero-order chi connectivity index (χ0) is 12.1. The van der Waals surface area contributed by atoms with Crippen LogP contribution in [0.4, 0.5) is 0 Å². The highest BCUT2D eigenvalue weighted by Crippen LogP contribution is 2.27. The number of piperidine rings is 1. The third kappa shape index (κ3) is 3.96. The summed E-state index contributed by atoms with van der Waals surface area (Å²) in [5.74, 6) is 0.967. The molecule has 0 amide bonds. The molecule has 1 heterocycles. The number of hydrogen-bond acceptors (Lipinski definition) is 2. The van der Waals surface area contributed by atoms with Gasteiger partial charge in [-0.1, -0.05) is 26.7 Å². The van der Waals surface area contributed by atoms with Gasteiger partial charge in [0.15, 0.2) is 0 Å². The van der Waals surface area contributed by atoms with Crippen molar-refractivity contribution >= 4 is 0 Å². The van der Waals surface area contributed by atoms with Crippen molar-refractivity contribution in [1.29, 1.82) is 0 Å². The van der Waals surface area contributed by atoms with Gasteiger partial charge in [0.25, 0.3) is 0 Å². The lowest BCUT2D eigenvalue weighted by Gasteiger charge is -2.38. The monoisotopic (exact) mass is 238 g/mol. The molecule has 2 aliphatic rings. The highest BCUT2D eigenvalue weighted by molar-refractivity contribution is 4.84. The molecule has 0 aromatic carbocycles. The molecule has 0 radical (unpaired) electrons. The summed E-state index contributed by atoms with van der Waals surface area (Å²) < 4.78 is 0. The van der Waals surface area contributed by atoms with Gasteiger partial charge in [-0.2, -0.15) is 0 Å². The minimum absolute atomic E-state index is 0.759. The summed E-state index contributed by atoms with van der Waals surface area (Å²) >= 11 is 0. The summed E-state index contributed by atoms with van der Waals surface area (Å²) in [6.45, 7) is 8.43. The lowest BCUT2D eigenvalue weighted by Crippen LogP contribution is -2.49. The first kappa shape index (κ1) is 13.4. The molecule has 0 spiro atoms. The van der Waals surface area contributed by atoms with E-state index in [9.17, 15) is 0 Å². The Labute approximate surface area is 107 Å². The molecule has 0 aromatic heterocycles. The second kappa shape index (κ2) is 6.75. The lowest BCUT2D eigenvalue weighted by atomic mass is 9.99. The Morgan fingerprint density at radius 3 is 2.76 bits per heavy atom. The number of rotatable bonds is 3. The zero-order valence-electron chi connectivity index (χ0n) is 11.8. The van der Waals surface area contributed by atoms with Gasteiger partial charge in [-0.25, -0.2) is 0 Å². The normalized spacial score (nSPS) is 36.7. The van der Waals surface area contributed by atoms with Crippen LogP contribution in [0, 0.1) is 5.92 Å². The van der Waals surface area contributed by atoms with Crippen molar-refractivity contribution in [3.05, 3.63) is 0 Å². The van der Waals surface area contributed by atoms with E-state index >= 15 is 0 Å². The fraction of sp³-hybridized carbons (Fsp3) is 1.00. The van der Waals surface area contributed by atoms with Crippen molar-refractivity contribution in [2.45, 2.75) is 70.9 Å². The molecular weight excluding hydrogens is 208 g/mol. The van der Waals surface area contributed by atoms with Gasteiger partial charge in [0.2, 0.25) is 0 Å². The van der Waals surface area contributed by atoms with Gasteiger partial charge in [0.1, 0.15) is 0 Å². The molecule has 1 saturated carbocycles. The van der Waals surface area contributed by atoms with E-state index in [1.165, 1.54) is 58.0 Å². The van der Waals surface area contributed by atoms with Crippen LogP contribution in [0.3, 0.4) is 0 Å². The van der Waals surface area contributed by atoms with Crippen LogP contribution in [0.25, 0.3) is 0 Å². The predicted octanol–water partition coefficient (Wildman–Crippen LogP) is 3.03. The topological polar surface area (TPSA) is 15.3 Å². The van der Waals surface area contributed by atoms with Crippen molar-refractivity contribution < 1.29 is 0 Å². The van der Waals surface area contributed by atoms with Crippen LogP contribution in [0.15, 0.2) is 0 Å². The van der Waals surface area contributed by atoms with E-state index in [-0.39, 0.29) is 0 Å². The van der Waals surface area contributed by atoms with Gasteiger partial charge < -0.3 is 5.32 Å². The largest absolute Gasteiger partial charge is 0.313 e. The molecule has 1 N–H and O–H groups in total. The van der Waals surface area contributed by atoms with E-state index in [0.29, 0.717) is 0 Å². The molecule has 1 aliphatic carbocycles. The summed E-state index contributed by atoms with van der Waals surface area (Å²) in [6.07, 6.45) is 10.0. The summed E-state index contributed by atoms with van der Waals surface area (Å²) in [5, 5.41) is 3.64. The SMILES string of the molecule is CCNC1CCCN(C2CCCC(C)CC2)C1. The van der Waals surface area contributed by atoms with Crippen molar-refractivity contribution in [2.24, 2.45) is 5.92 Å². The van der Waals surface area contributed by atoms with Gasteiger partial charge in [-0.05, 0) is 51.1 Å². The Morgan fingerprint density at radius 1 is 1.06 bits per heavy atom. The van der Waals surface area contributed by atoms with E-state index in [1.54, 1.807) is 0 Å². The molecule has 2 heteroatoms. The molecule has 1 saturated heterocycles. The molecule has 2 nitrogen and oxygen atoms in total. The fourth-order valence-corrected chi connectivity index (χ4v) is 3.63. The predicted molar refractivity (Wildman–Crippen MR) is 74.3 cm³/mol. The first-order chi connectivity index (χ1) is 8.29. The molecule has 1 aliphatic heterocycles. The maximum absolute atomic E-state index is 3.64. The van der Waals surface area contributed by atoms with Gasteiger partial charge in [0.05, 0.1) is 0 Å². The van der Waals surface area contributed by atoms with Crippen LogP contribution in [-0.4, -0.2) is 36.6 Å². The Hall–Kier alpha value is -0.0800. The van der Waals surface area contributed by atoms with Gasteiger partial charge in [0, 0.05) is 18.6 Å². The van der Waals surface area contributed by atoms with Gasteiger partial charge >= 0.3 is 0 Å². The van der Waals surface area contributed by atoms with Crippen LogP contribution in [-0.2, 0) is 0 Å².